The van der Waals surface area contributed by atoms with Gasteiger partial charge in [0.15, 0.2) is 6.29 Å². The van der Waals surface area contributed by atoms with Gasteiger partial charge in [-0.05, 0) is 59.3 Å². The number of aliphatic hydroxyl groups is 1. The van der Waals surface area contributed by atoms with Crippen molar-refractivity contribution in [1.82, 2.24) is 15.5 Å². The number of carbonyl (C=O) groups is 1. The number of hydrogen-bond acceptors (Lipinski definition) is 5. The van der Waals surface area contributed by atoms with Gasteiger partial charge >= 0.3 is 6.03 Å². The molecule has 0 aromatic heterocycles. The summed E-state index contributed by atoms with van der Waals surface area (Å²) < 4.78 is 13.2. The van der Waals surface area contributed by atoms with Crippen LogP contribution >= 0.6 is 0 Å². The third-order valence-corrected chi connectivity index (χ3v) is 8.77. The first-order chi connectivity index (χ1) is 22.1. The topological polar surface area (TPSA) is 83.1 Å². The molecule has 7 heteroatoms. The summed E-state index contributed by atoms with van der Waals surface area (Å²) in [6.45, 7) is 4.08. The third kappa shape index (κ3) is 8.38. The van der Waals surface area contributed by atoms with Crippen molar-refractivity contribution >= 4 is 6.03 Å². The fraction of sp³-hybridized carbons (Fsp3) is 0.342. The maximum Gasteiger partial charge on any atom is 0.315 e. The number of carbonyl (C=O) groups excluding carboxylic acids is 1. The molecule has 0 radical (unpaired) electrons. The molecule has 4 aromatic rings. The summed E-state index contributed by atoms with van der Waals surface area (Å²) >= 11 is 0. The van der Waals surface area contributed by atoms with E-state index in [1.807, 2.05) is 60.7 Å². The summed E-state index contributed by atoms with van der Waals surface area (Å²) in [6.07, 6.45) is 4.08. The summed E-state index contributed by atoms with van der Waals surface area (Å²) in [4.78, 5) is 15.0. The molecule has 234 valence electrons. The SMILES string of the molecule is O=C(NCc1ccccc1)NCc1ccccc1-c1ccc(C2OC(CN3CCCCC3)CC(c3ccc(CO)cc3)O2)cc1. The van der Waals surface area contributed by atoms with Crippen molar-refractivity contribution in [1.29, 1.82) is 0 Å². The Morgan fingerprint density at radius 3 is 2.18 bits per heavy atom. The second-order valence-corrected chi connectivity index (χ2v) is 12.0. The smallest absolute Gasteiger partial charge is 0.315 e. The average molecular weight is 606 g/mol. The molecule has 3 N–H and O–H groups in total. The molecule has 7 nitrogen and oxygen atoms in total. The van der Waals surface area contributed by atoms with Crippen molar-refractivity contribution in [2.45, 2.75) is 63.9 Å². The Bertz CT molecular complexity index is 1500. The summed E-state index contributed by atoms with van der Waals surface area (Å²) in [5.74, 6) is 0. The number of nitrogens with one attached hydrogen (secondary N) is 2. The molecule has 3 atom stereocenters. The van der Waals surface area contributed by atoms with Crippen LogP contribution in [0.3, 0.4) is 0 Å². The van der Waals surface area contributed by atoms with Gasteiger partial charge in [0.1, 0.15) is 0 Å². The highest BCUT2D eigenvalue weighted by Crippen LogP contribution is 2.39. The number of likely N-dealkylation sites (tertiary alicyclic amines) is 1. The molecule has 0 bridgehead atoms. The van der Waals surface area contributed by atoms with Crippen LogP contribution < -0.4 is 10.6 Å². The van der Waals surface area contributed by atoms with E-state index in [4.69, 9.17) is 9.47 Å². The normalized spacial score (nSPS) is 20.4. The van der Waals surface area contributed by atoms with Crippen LogP contribution in [0.15, 0.2) is 103 Å². The molecule has 4 aromatic carbocycles. The molecule has 45 heavy (non-hydrogen) atoms. The molecule has 0 spiro atoms. The Balaban J connectivity index is 1.14. The standard InChI is InChI=1S/C38H43N3O4/c42-27-29-13-15-31(16-14-29)36-23-34(26-41-21-7-2-8-22-41)44-37(45-36)32-19-17-30(18-20-32)35-12-6-5-11-33(35)25-40-38(43)39-24-28-9-3-1-4-10-28/h1,3-6,9-20,34,36-37,42H,2,7-8,21-27H2,(H2,39,40,43). The zero-order valence-electron chi connectivity index (χ0n) is 25.7. The maximum atomic E-state index is 12.5. The van der Waals surface area contributed by atoms with Crippen molar-refractivity contribution in [3.8, 4) is 11.1 Å². The highest BCUT2D eigenvalue weighted by molar-refractivity contribution is 5.75. The lowest BCUT2D eigenvalue weighted by Gasteiger charge is -2.39. The predicted octanol–water partition coefficient (Wildman–Crippen LogP) is 6.88. The monoisotopic (exact) mass is 605 g/mol. The van der Waals surface area contributed by atoms with Gasteiger partial charge in [0.05, 0.1) is 18.8 Å². The highest BCUT2D eigenvalue weighted by Gasteiger charge is 2.33. The number of hydrogen-bond donors (Lipinski definition) is 3. The minimum Gasteiger partial charge on any atom is -0.392 e. The molecule has 2 aliphatic heterocycles. The molecule has 2 amide bonds. The van der Waals surface area contributed by atoms with Gasteiger partial charge in [-0.25, -0.2) is 4.79 Å². The van der Waals surface area contributed by atoms with Crippen LogP contribution in [0.5, 0.6) is 0 Å². The van der Waals surface area contributed by atoms with Crippen LogP contribution in [0.25, 0.3) is 11.1 Å². The van der Waals surface area contributed by atoms with E-state index < -0.39 is 6.29 Å². The van der Waals surface area contributed by atoms with Crippen molar-refractivity contribution in [2.24, 2.45) is 0 Å². The zero-order chi connectivity index (χ0) is 30.8. The third-order valence-electron chi connectivity index (χ3n) is 8.77. The van der Waals surface area contributed by atoms with E-state index in [2.05, 4.69) is 58.0 Å². The van der Waals surface area contributed by atoms with Crippen molar-refractivity contribution in [3.63, 3.8) is 0 Å². The predicted molar refractivity (Wildman–Crippen MR) is 176 cm³/mol. The van der Waals surface area contributed by atoms with Crippen LogP contribution in [0, 0.1) is 0 Å². The summed E-state index contributed by atoms with van der Waals surface area (Å²) in [6, 6.07) is 34.3. The van der Waals surface area contributed by atoms with E-state index in [1.54, 1.807) is 0 Å². The van der Waals surface area contributed by atoms with E-state index >= 15 is 0 Å². The molecule has 2 heterocycles. The fourth-order valence-electron chi connectivity index (χ4n) is 6.26. The fourth-order valence-corrected chi connectivity index (χ4v) is 6.26. The second-order valence-electron chi connectivity index (χ2n) is 12.0. The summed E-state index contributed by atoms with van der Waals surface area (Å²) in [5.41, 5.74) is 7.22. The number of urea groups is 1. The molecule has 2 aliphatic rings. The van der Waals surface area contributed by atoms with Gasteiger partial charge in [0.2, 0.25) is 0 Å². The lowest BCUT2D eigenvalue weighted by atomic mass is 9.97. The number of rotatable bonds is 10. The number of nitrogens with zero attached hydrogens (tertiary/aromatic N) is 1. The van der Waals surface area contributed by atoms with Gasteiger partial charge in [-0.1, -0.05) is 110 Å². The minimum atomic E-state index is -0.477. The van der Waals surface area contributed by atoms with Gasteiger partial charge in [-0.15, -0.1) is 0 Å². The summed E-state index contributed by atoms with van der Waals surface area (Å²) in [7, 11) is 0. The lowest BCUT2D eigenvalue weighted by molar-refractivity contribution is -0.253. The van der Waals surface area contributed by atoms with Crippen LogP contribution in [0.2, 0.25) is 0 Å². The minimum absolute atomic E-state index is 0.0299. The molecule has 6 rings (SSSR count). The van der Waals surface area contributed by atoms with E-state index in [0.29, 0.717) is 13.1 Å². The number of ether oxygens (including phenoxy) is 2. The van der Waals surface area contributed by atoms with Gasteiger partial charge in [-0.2, -0.15) is 0 Å². The number of piperidine rings is 1. The maximum absolute atomic E-state index is 12.5. The van der Waals surface area contributed by atoms with E-state index in [0.717, 1.165) is 65.0 Å². The average Bonchev–Trinajstić information content (AvgIpc) is 3.11. The van der Waals surface area contributed by atoms with E-state index in [-0.39, 0.29) is 24.8 Å². The Hall–Kier alpha value is -4.01. The Labute approximate surface area is 266 Å². The lowest BCUT2D eigenvalue weighted by Crippen LogP contribution is -2.41. The Morgan fingerprint density at radius 1 is 0.733 bits per heavy atom. The Kier molecular flexibility index (Phi) is 10.6. The van der Waals surface area contributed by atoms with Gasteiger partial charge < -0.3 is 30.1 Å². The molecule has 0 saturated carbocycles. The second kappa shape index (κ2) is 15.3. The first-order valence-electron chi connectivity index (χ1n) is 16.1. The molecular formula is C38H43N3O4. The number of aliphatic hydroxyl groups excluding tert-OH is 1. The molecule has 3 unspecified atom stereocenters. The van der Waals surface area contributed by atoms with E-state index in [9.17, 15) is 9.90 Å². The molecule has 2 saturated heterocycles. The van der Waals surface area contributed by atoms with Crippen LogP contribution in [-0.4, -0.2) is 41.8 Å². The quantitative estimate of drug-likeness (QED) is 0.184. The van der Waals surface area contributed by atoms with Crippen LogP contribution in [-0.2, 0) is 29.2 Å². The molecule has 2 fully saturated rings. The van der Waals surface area contributed by atoms with Crippen molar-refractivity contribution in [3.05, 3.63) is 131 Å². The van der Waals surface area contributed by atoms with Crippen molar-refractivity contribution < 1.29 is 19.4 Å². The largest absolute Gasteiger partial charge is 0.392 e. The van der Waals surface area contributed by atoms with Crippen LogP contribution in [0.1, 0.15) is 65.9 Å². The molecular weight excluding hydrogens is 562 g/mol. The zero-order valence-corrected chi connectivity index (χ0v) is 25.7. The summed E-state index contributed by atoms with van der Waals surface area (Å²) in [5, 5.41) is 15.4. The molecule has 0 aliphatic carbocycles. The first kappa shape index (κ1) is 31.0. The Morgan fingerprint density at radius 2 is 1.42 bits per heavy atom. The van der Waals surface area contributed by atoms with Gasteiger partial charge in [0, 0.05) is 31.6 Å². The van der Waals surface area contributed by atoms with Gasteiger partial charge in [-0.3, -0.25) is 0 Å². The van der Waals surface area contributed by atoms with Gasteiger partial charge in [0.25, 0.3) is 0 Å². The van der Waals surface area contributed by atoms with Crippen molar-refractivity contribution in [2.75, 3.05) is 19.6 Å². The first-order valence-corrected chi connectivity index (χ1v) is 16.1. The highest BCUT2D eigenvalue weighted by atomic mass is 16.7. The van der Waals surface area contributed by atoms with E-state index in [1.165, 1.54) is 19.3 Å². The number of benzene rings is 4. The number of amides is 2. The van der Waals surface area contributed by atoms with Crippen LogP contribution in [0.4, 0.5) is 4.79 Å².